The number of hydrogen-bond donors (Lipinski definition) is 0. The van der Waals surface area contributed by atoms with E-state index in [0.717, 1.165) is 38.5 Å². The Bertz CT molecular complexity index is 421. The Kier molecular flexibility index (Phi) is 9.36. The van der Waals surface area contributed by atoms with Crippen LogP contribution in [0, 0.1) is 17.8 Å². The quantitative estimate of drug-likeness (QED) is 0.365. The van der Waals surface area contributed by atoms with Crippen LogP contribution in [0.25, 0.3) is 0 Å². The summed E-state index contributed by atoms with van der Waals surface area (Å²) >= 11 is 0. The van der Waals surface area contributed by atoms with Crippen molar-refractivity contribution >= 4 is 5.97 Å². The molecule has 0 spiro atoms. The molecule has 0 radical (unpaired) electrons. The second-order valence-corrected chi connectivity index (χ2v) is 8.02. The van der Waals surface area contributed by atoms with Gasteiger partial charge in [-0.15, -0.1) is 0 Å². The lowest BCUT2D eigenvalue weighted by atomic mass is 9.81. The number of ether oxygens (including phenoxy) is 1. The summed E-state index contributed by atoms with van der Waals surface area (Å²) in [6.45, 7) is 4.43. The molecule has 0 heterocycles. The molecule has 2 nitrogen and oxygen atoms in total. The Labute approximate surface area is 155 Å². The van der Waals surface area contributed by atoms with E-state index >= 15 is 0 Å². The molecular formula is C23H38O2. The van der Waals surface area contributed by atoms with Crippen LogP contribution >= 0.6 is 0 Å². The maximum atomic E-state index is 12.5. The molecule has 0 unspecified atom stereocenters. The number of allylic oxidation sites excluding steroid dienone is 4. The van der Waals surface area contributed by atoms with Crippen molar-refractivity contribution in [3.63, 3.8) is 0 Å². The molecule has 2 saturated carbocycles. The minimum atomic E-state index is 0.0842. The van der Waals surface area contributed by atoms with Gasteiger partial charge in [0.05, 0.1) is 5.92 Å². The van der Waals surface area contributed by atoms with Gasteiger partial charge in [-0.3, -0.25) is 4.79 Å². The summed E-state index contributed by atoms with van der Waals surface area (Å²) in [5, 5.41) is 0. The van der Waals surface area contributed by atoms with Gasteiger partial charge >= 0.3 is 5.97 Å². The van der Waals surface area contributed by atoms with Crippen molar-refractivity contribution in [1.82, 2.24) is 0 Å². The fourth-order valence-corrected chi connectivity index (χ4v) is 4.12. The van der Waals surface area contributed by atoms with Crippen molar-refractivity contribution in [2.24, 2.45) is 17.8 Å². The third-order valence-corrected chi connectivity index (χ3v) is 5.83. The molecule has 0 aromatic carbocycles. The standard InChI is InChI=1S/C23H38O2/c1-3-5-7-9-19-11-15-21(16-12-19)23(24)25-22-17-13-20(14-18-22)10-8-6-4-2/h7-10,19-22H,3-6,11-18H2,1-2H3/b9-7+,10-8+. The molecule has 2 fully saturated rings. The Morgan fingerprint density at radius 1 is 0.800 bits per heavy atom. The Morgan fingerprint density at radius 2 is 1.28 bits per heavy atom. The van der Waals surface area contributed by atoms with Gasteiger partial charge in [-0.25, -0.2) is 0 Å². The van der Waals surface area contributed by atoms with Crippen LogP contribution in [0.15, 0.2) is 24.3 Å². The average Bonchev–Trinajstić information content (AvgIpc) is 2.64. The summed E-state index contributed by atoms with van der Waals surface area (Å²) < 4.78 is 5.86. The summed E-state index contributed by atoms with van der Waals surface area (Å²) in [4.78, 5) is 12.5. The van der Waals surface area contributed by atoms with Crippen LogP contribution in [-0.2, 0) is 9.53 Å². The number of rotatable bonds is 8. The van der Waals surface area contributed by atoms with Crippen LogP contribution in [0.5, 0.6) is 0 Å². The lowest BCUT2D eigenvalue weighted by Crippen LogP contribution is -2.29. The second kappa shape index (κ2) is 11.5. The van der Waals surface area contributed by atoms with Gasteiger partial charge < -0.3 is 4.74 Å². The topological polar surface area (TPSA) is 26.3 Å². The van der Waals surface area contributed by atoms with E-state index in [1.165, 1.54) is 38.5 Å². The van der Waals surface area contributed by atoms with Gasteiger partial charge in [0.2, 0.25) is 0 Å². The van der Waals surface area contributed by atoms with Crippen molar-refractivity contribution in [2.75, 3.05) is 0 Å². The number of carbonyl (C=O) groups excluding carboxylic acids is 1. The fraction of sp³-hybridized carbons (Fsp3) is 0.783. The van der Waals surface area contributed by atoms with Gasteiger partial charge in [-0.2, -0.15) is 0 Å². The van der Waals surface area contributed by atoms with E-state index in [1.807, 2.05) is 0 Å². The summed E-state index contributed by atoms with van der Waals surface area (Å²) in [6.07, 6.45) is 23.1. The second-order valence-electron chi connectivity index (χ2n) is 8.02. The summed E-state index contributed by atoms with van der Waals surface area (Å²) in [6, 6.07) is 0. The van der Waals surface area contributed by atoms with E-state index in [2.05, 4.69) is 38.2 Å². The predicted molar refractivity (Wildman–Crippen MR) is 105 cm³/mol. The first kappa shape index (κ1) is 20.3. The van der Waals surface area contributed by atoms with Gasteiger partial charge in [-0.05, 0) is 76.0 Å². The molecule has 0 aromatic heterocycles. The van der Waals surface area contributed by atoms with Crippen LogP contribution in [0.4, 0.5) is 0 Å². The van der Waals surface area contributed by atoms with Crippen LogP contribution < -0.4 is 0 Å². The number of esters is 1. The van der Waals surface area contributed by atoms with Crippen molar-refractivity contribution in [1.29, 1.82) is 0 Å². The minimum absolute atomic E-state index is 0.0842. The highest BCUT2D eigenvalue weighted by molar-refractivity contribution is 5.72. The van der Waals surface area contributed by atoms with Crippen molar-refractivity contribution < 1.29 is 9.53 Å². The first-order chi connectivity index (χ1) is 12.2. The van der Waals surface area contributed by atoms with Crippen LogP contribution in [0.1, 0.15) is 90.9 Å². The number of carbonyl (C=O) groups is 1. The monoisotopic (exact) mass is 346 g/mol. The number of unbranched alkanes of at least 4 members (excludes halogenated alkanes) is 2. The number of hydrogen-bond acceptors (Lipinski definition) is 2. The normalized spacial score (nSPS) is 30.8. The summed E-state index contributed by atoms with van der Waals surface area (Å²) in [7, 11) is 0. The molecule has 2 heteroatoms. The van der Waals surface area contributed by atoms with Crippen LogP contribution in [0.3, 0.4) is 0 Å². The van der Waals surface area contributed by atoms with E-state index in [0.29, 0.717) is 11.8 Å². The Morgan fingerprint density at radius 3 is 1.76 bits per heavy atom. The lowest BCUT2D eigenvalue weighted by molar-refractivity contribution is -0.157. The summed E-state index contributed by atoms with van der Waals surface area (Å²) in [5.41, 5.74) is 0. The minimum Gasteiger partial charge on any atom is -0.462 e. The van der Waals surface area contributed by atoms with Crippen molar-refractivity contribution in [2.45, 2.75) is 97.0 Å². The molecular weight excluding hydrogens is 308 g/mol. The molecule has 0 aromatic rings. The molecule has 0 saturated heterocycles. The van der Waals surface area contributed by atoms with E-state index in [4.69, 9.17) is 4.74 Å². The highest BCUT2D eigenvalue weighted by Gasteiger charge is 2.29. The zero-order valence-corrected chi connectivity index (χ0v) is 16.4. The molecule has 25 heavy (non-hydrogen) atoms. The Hall–Kier alpha value is -1.05. The molecule has 0 atom stereocenters. The highest BCUT2D eigenvalue weighted by Crippen LogP contribution is 2.33. The average molecular weight is 347 g/mol. The molecule has 0 amide bonds. The lowest BCUT2D eigenvalue weighted by Gasteiger charge is -2.30. The maximum absolute atomic E-state index is 12.5. The van der Waals surface area contributed by atoms with Crippen LogP contribution in [0.2, 0.25) is 0 Å². The fourth-order valence-electron chi connectivity index (χ4n) is 4.12. The van der Waals surface area contributed by atoms with Gasteiger partial charge in [-0.1, -0.05) is 51.0 Å². The molecule has 2 aliphatic carbocycles. The highest BCUT2D eigenvalue weighted by atomic mass is 16.5. The smallest absolute Gasteiger partial charge is 0.309 e. The van der Waals surface area contributed by atoms with Gasteiger partial charge in [0.1, 0.15) is 6.10 Å². The predicted octanol–water partition coefficient (Wildman–Crippen LogP) is 6.61. The SMILES string of the molecule is CCC/C=C/C1CCC(OC(=O)C2CCC(/C=C/CCC)CC2)CC1. The summed E-state index contributed by atoms with van der Waals surface area (Å²) in [5.74, 6) is 1.62. The van der Waals surface area contributed by atoms with Gasteiger partial charge in [0.15, 0.2) is 0 Å². The van der Waals surface area contributed by atoms with Crippen LogP contribution in [-0.4, -0.2) is 12.1 Å². The van der Waals surface area contributed by atoms with E-state index in [9.17, 15) is 4.79 Å². The van der Waals surface area contributed by atoms with E-state index in [-0.39, 0.29) is 18.0 Å². The third-order valence-electron chi connectivity index (χ3n) is 5.83. The first-order valence-electron chi connectivity index (χ1n) is 10.8. The first-order valence-corrected chi connectivity index (χ1v) is 10.8. The molecule has 0 aliphatic heterocycles. The van der Waals surface area contributed by atoms with Crippen molar-refractivity contribution in [3.05, 3.63) is 24.3 Å². The van der Waals surface area contributed by atoms with Crippen molar-refractivity contribution in [3.8, 4) is 0 Å². The van der Waals surface area contributed by atoms with E-state index in [1.54, 1.807) is 0 Å². The third kappa shape index (κ3) is 7.38. The van der Waals surface area contributed by atoms with E-state index < -0.39 is 0 Å². The van der Waals surface area contributed by atoms with Gasteiger partial charge in [0.25, 0.3) is 0 Å². The molecule has 0 bridgehead atoms. The zero-order valence-electron chi connectivity index (χ0n) is 16.4. The molecule has 2 aliphatic rings. The zero-order chi connectivity index (χ0) is 17.9. The maximum Gasteiger partial charge on any atom is 0.309 e. The largest absolute Gasteiger partial charge is 0.462 e. The Balaban J connectivity index is 1.64. The molecule has 0 N–H and O–H groups in total. The molecule has 142 valence electrons. The molecule has 2 rings (SSSR count). The van der Waals surface area contributed by atoms with Gasteiger partial charge in [0, 0.05) is 0 Å².